The Labute approximate surface area is 106 Å². The Balaban J connectivity index is 1.94. The number of nitrogens with zero attached hydrogens (tertiary/aromatic N) is 3. The van der Waals surface area contributed by atoms with Gasteiger partial charge in [-0.25, -0.2) is 0 Å². The summed E-state index contributed by atoms with van der Waals surface area (Å²) in [5, 5.41) is 7.64. The summed E-state index contributed by atoms with van der Waals surface area (Å²) >= 11 is 0. The van der Waals surface area contributed by atoms with Gasteiger partial charge in [0, 0.05) is 24.8 Å². The van der Waals surface area contributed by atoms with E-state index in [1.807, 2.05) is 29.4 Å². The molecule has 2 heterocycles. The van der Waals surface area contributed by atoms with E-state index in [4.69, 9.17) is 6.42 Å². The first kappa shape index (κ1) is 10.8. The minimum atomic E-state index is 0.636. The highest BCUT2D eigenvalue weighted by molar-refractivity contribution is 5.90. The molecular weight excluding hydrogens is 222 g/mol. The van der Waals surface area contributed by atoms with Crippen molar-refractivity contribution in [1.29, 1.82) is 0 Å². The van der Waals surface area contributed by atoms with Crippen LogP contribution in [0.3, 0.4) is 0 Å². The van der Waals surface area contributed by atoms with E-state index in [1.54, 1.807) is 0 Å². The number of fused-ring (bicyclic) bond motifs is 1. The van der Waals surface area contributed by atoms with Crippen LogP contribution in [0.1, 0.15) is 12.8 Å². The molecule has 3 nitrogen and oxygen atoms in total. The average molecular weight is 235 g/mol. The zero-order valence-corrected chi connectivity index (χ0v) is 10.0. The van der Waals surface area contributed by atoms with Crippen LogP contribution in [-0.4, -0.2) is 17.2 Å². The van der Waals surface area contributed by atoms with Gasteiger partial charge < -0.3 is 0 Å². The molecule has 0 atom stereocenters. The topological polar surface area (TPSA) is 28.5 Å². The van der Waals surface area contributed by atoms with E-state index < -0.39 is 0 Å². The van der Waals surface area contributed by atoms with Crippen LogP contribution in [0.25, 0.3) is 10.9 Å². The number of terminal acetylenes is 1. The van der Waals surface area contributed by atoms with Gasteiger partial charge in [-0.15, -0.1) is 12.3 Å². The lowest BCUT2D eigenvalue weighted by atomic mass is 10.2. The third-order valence-corrected chi connectivity index (χ3v) is 3.05. The summed E-state index contributed by atoms with van der Waals surface area (Å²) in [5.74, 6) is 2.64. The second-order valence-electron chi connectivity index (χ2n) is 4.31. The van der Waals surface area contributed by atoms with Crippen LogP contribution in [-0.2, 0) is 0 Å². The Morgan fingerprint density at radius 3 is 3.11 bits per heavy atom. The zero-order chi connectivity index (χ0) is 12.4. The molecule has 3 rings (SSSR count). The van der Waals surface area contributed by atoms with E-state index in [9.17, 15) is 0 Å². The molecule has 0 amide bonds. The van der Waals surface area contributed by atoms with Crippen LogP contribution in [0.2, 0.25) is 0 Å². The van der Waals surface area contributed by atoms with Crippen LogP contribution in [0.15, 0.2) is 41.6 Å². The predicted molar refractivity (Wildman–Crippen MR) is 74.6 cm³/mol. The quantitative estimate of drug-likeness (QED) is 0.749. The zero-order valence-electron chi connectivity index (χ0n) is 10.0. The molecule has 0 saturated carbocycles. The molecule has 2 aromatic rings. The number of benzene rings is 1. The van der Waals surface area contributed by atoms with Gasteiger partial charge in [0.1, 0.15) is 0 Å². The lowest BCUT2D eigenvalue weighted by molar-refractivity contribution is 0.919. The molecule has 3 heteroatoms. The number of aromatic nitrogens is 1. The van der Waals surface area contributed by atoms with Gasteiger partial charge in [0.25, 0.3) is 0 Å². The van der Waals surface area contributed by atoms with E-state index in [1.165, 1.54) is 0 Å². The van der Waals surface area contributed by atoms with Gasteiger partial charge in [-0.05, 0) is 12.1 Å². The van der Waals surface area contributed by atoms with Crippen molar-refractivity contribution >= 4 is 22.3 Å². The van der Waals surface area contributed by atoms with E-state index in [2.05, 4.69) is 28.1 Å². The second kappa shape index (κ2) is 4.50. The number of para-hydroxylation sites is 1. The van der Waals surface area contributed by atoms with Gasteiger partial charge in [-0.2, -0.15) is 5.10 Å². The SMILES string of the molecule is C#CCC1=NN(c2cnc3ccccc3c2)CC1. The molecule has 0 fully saturated rings. The number of pyridine rings is 1. The third kappa shape index (κ3) is 1.93. The summed E-state index contributed by atoms with van der Waals surface area (Å²) in [6.45, 7) is 0.886. The van der Waals surface area contributed by atoms with Crippen molar-refractivity contribution in [3.63, 3.8) is 0 Å². The second-order valence-corrected chi connectivity index (χ2v) is 4.31. The molecule has 1 aromatic carbocycles. The molecule has 1 aliphatic rings. The average Bonchev–Trinajstić information content (AvgIpc) is 2.87. The Kier molecular flexibility index (Phi) is 2.70. The fraction of sp³-hybridized carbons (Fsp3) is 0.200. The molecule has 0 aliphatic carbocycles. The Morgan fingerprint density at radius 2 is 2.22 bits per heavy atom. The fourth-order valence-electron chi connectivity index (χ4n) is 2.13. The highest BCUT2D eigenvalue weighted by Crippen LogP contribution is 2.23. The van der Waals surface area contributed by atoms with E-state index >= 15 is 0 Å². The molecule has 0 unspecified atom stereocenters. The van der Waals surface area contributed by atoms with Crippen molar-refractivity contribution in [3.8, 4) is 12.3 Å². The van der Waals surface area contributed by atoms with E-state index in [-0.39, 0.29) is 0 Å². The van der Waals surface area contributed by atoms with Crippen molar-refractivity contribution in [2.75, 3.05) is 11.6 Å². The number of hydrogen-bond acceptors (Lipinski definition) is 3. The molecule has 1 aromatic heterocycles. The number of rotatable bonds is 2. The van der Waals surface area contributed by atoms with Crippen LogP contribution in [0.4, 0.5) is 5.69 Å². The Hall–Kier alpha value is -2.34. The maximum atomic E-state index is 5.31. The summed E-state index contributed by atoms with van der Waals surface area (Å²) in [6.07, 6.45) is 8.75. The summed E-state index contributed by atoms with van der Waals surface area (Å²) in [4.78, 5) is 4.45. The van der Waals surface area contributed by atoms with Crippen molar-refractivity contribution in [2.24, 2.45) is 5.10 Å². The first-order valence-electron chi connectivity index (χ1n) is 5.99. The van der Waals surface area contributed by atoms with Crippen LogP contribution in [0.5, 0.6) is 0 Å². The largest absolute Gasteiger partial charge is 0.264 e. The van der Waals surface area contributed by atoms with Crippen molar-refractivity contribution in [1.82, 2.24) is 4.98 Å². The Morgan fingerprint density at radius 1 is 1.33 bits per heavy atom. The molecule has 0 saturated heterocycles. The van der Waals surface area contributed by atoms with E-state index in [0.717, 1.165) is 35.3 Å². The summed E-state index contributed by atoms with van der Waals surface area (Å²) < 4.78 is 0. The minimum absolute atomic E-state index is 0.636. The minimum Gasteiger partial charge on any atom is -0.264 e. The predicted octanol–water partition coefficient (Wildman–Crippen LogP) is 2.82. The number of hydrogen-bond donors (Lipinski definition) is 0. The summed E-state index contributed by atoms with van der Waals surface area (Å²) in [6, 6.07) is 10.2. The van der Waals surface area contributed by atoms with Gasteiger partial charge in [0.15, 0.2) is 0 Å². The number of hydrazone groups is 1. The molecular formula is C15H13N3. The molecule has 0 bridgehead atoms. The molecule has 0 spiro atoms. The van der Waals surface area contributed by atoms with Gasteiger partial charge in [-0.3, -0.25) is 9.99 Å². The first-order chi connectivity index (χ1) is 8.86. The normalized spacial score (nSPS) is 14.6. The van der Waals surface area contributed by atoms with Gasteiger partial charge >= 0.3 is 0 Å². The highest BCUT2D eigenvalue weighted by atomic mass is 15.5. The molecule has 18 heavy (non-hydrogen) atoms. The summed E-state index contributed by atoms with van der Waals surface area (Å²) in [5.41, 5.74) is 3.11. The van der Waals surface area contributed by atoms with Gasteiger partial charge in [0.2, 0.25) is 0 Å². The van der Waals surface area contributed by atoms with Gasteiger partial charge in [0.05, 0.1) is 23.1 Å². The van der Waals surface area contributed by atoms with Gasteiger partial charge in [-0.1, -0.05) is 18.2 Å². The van der Waals surface area contributed by atoms with Crippen LogP contribution in [0, 0.1) is 12.3 Å². The van der Waals surface area contributed by atoms with Crippen molar-refractivity contribution < 1.29 is 0 Å². The molecule has 1 aliphatic heterocycles. The lowest BCUT2D eigenvalue weighted by Crippen LogP contribution is -2.11. The third-order valence-electron chi connectivity index (χ3n) is 3.05. The summed E-state index contributed by atoms with van der Waals surface area (Å²) in [7, 11) is 0. The maximum Gasteiger partial charge on any atom is 0.0783 e. The fourth-order valence-corrected chi connectivity index (χ4v) is 2.13. The number of anilines is 1. The molecule has 0 radical (unpaired) electrons. The highest BCUT2D eigenvalue weighted by Gasteiger charge is 2.15. The van der Waals surface area contributed by atoms with Crippen LogP contribution >= 0.6 is 0 Å². The monoisotopic (exact) mass is 235 g/mol. The standard InChI is InChI=1S/C15H13N3/c1-2-5-13-8-9-18(17-13)14-10-12-6-3-4-7-15(12)16-11-14/h1,3-4,6-7,10-11H,5,8-9H2. The smallest absolute Gasteiger partial charge is 0.0783 e. The van der Waals surface area contributed by atoms with Crippen LogP contribution < -0.4 is 5.01 Å². The first-order valence-corrected chi connectivity index (χ1v) is 5.99. The van der Waals surface area contributed by atoms with Crippen molar-refractivity contribution in [2.45, 2.75) is 12.8 Å². The maximum absolute atomic E-state index is 5.31. The molecule has 88 valence electrons. The van der Waals surface area contributed by atoms with Crippen molar-refractivity contribution in [3.05, 3.63) is 36.5 Å². The molecule has 0 N–H and O–H groups in total. The Bertz CT molecular complexity index is 652. The lowest BCUT2D eigenvalue weighted by Gasteiger charge is -2.13. The van der Waals surface area contributed by atoms with E-state index in [0.29, 0.717) is 6.42 Å².